The van der Waals surface area contributed by atoms with Gasteiger partial charge in [-0.2, -0.15) is 15.4 Å². The summed E-state index contributed by atoms with van der Waals surface area (Å²) in [5, 5.41) is 18.9. The minimum Gasteiger partial charge on any atom is -0.516 e. The van der Waals surface area contributed by atoms with E-state index in [1.165, 1.54) is 0 Å². The highest BCUT2D eigenvalue weighted by Gasteiger charge is 2.00. The molecular formula is C8H7N3O. The molecule has 60 valence electrons. The maximum Gasteiger partial charge on any atom is 0.120 e. The summed E-state index contributed by atoms with van der Waals surface area (Å²) in [6, 6.07) is 5.57. The van der Waals surface area contributed by atoms with Gasteiger partial charge in [0, 0.05) is 5.56 Å². The first-order valence-corrected chi connectivity index (χ1v) is 3.52. The van der Waals surface area contributed by atoms with Crippen LogP contribution in [0, 0.1) is 0 Å². The summed E-state index contributed by atoms with van der Waals surface area (Å²) in [7, 11) is 0. The van der Waals surface area contributed by atoms with Gasteiger partial charge in [-0.25, -0.2) is 0 Å². The molecule has 0 aliphatic rings. The number of para-hydroxylation sites is 1. The van der Waals surface area contributed by atoms with E-state index in [1.54, 1.807) is 6.08 Å². The lowest BCUT2D eigenvalue weighted by atomic mass is 10.2. The predicted molar refractivity (Wildman–Crippen MR) is 45.6 cm³/mol. The SMILES string of the molecule is OC=Cc1cccc2n[nH]nc12. The van der Waals surface area contributed by atoms with Crippen LogP contribution in [0.2, 0.25) is 0 Å². The van der Waals surface area contributed by atoms with Crippen molar-refractivity contribution in [2.75, 3.05) is 0 Å². The lowest BCUT2D eigenvalue weighted by Gasteiger charge is -1.90. The molecule has 0 aliphatic carbocycles. The third-order valence-electron chi connectivity index (χ3n) is 1.63. The molecule has 12 heavy (non-hydrogen) atoms. The summed E-state index contributed by atoms with van der Waals surface area (Å²) >= 11 is 0. The molecule has 4 heteroatoms. The summed E-state index contributed by atoms with van der Waals surface area (Å²) in [6.45, 7) is 0. The molecule has 0 saturated carbocycles. The Hall–Kier alpha value is -1.84. The van der Waals surface area contributed by atoms with Crippen molar-refractivity contribution in [2.24, 2.45) is 0 Å². The number of aliphatic hydroxyl groups excluding tert-OH is 1. The van der Waals surface area contributed by atoms with Crippen LogP contribution >= 0.6 is 0 Å². The zero-order valence-corrected chi connectivity index (χ0v) is 6.23. The van der Waals surface area contributed by atoms with Gasteiger partial charge in [-0.3, -0.25) is 0 Å². The molecule has 0 spiro atoms. The third kappa shape index (κ3) is 0.934. The second-order valence-electron chi connectivity index (χ2n) is 2.35. The van der Waals surface area contributed by atoms with Crippen molar-refractivity contribution in [1.82, 2.24) is 15.4 Å². The quantitative estimate of drug-likeness (QED) is 0.623. The van der Waals surface area contributed by atoms with Gasteiger partial charge in [0.2, 0.25) is 0 Å². The van der Waals surface area contributed by atoms with Crippen LogP contribution in [0.25, 0.3) is 17.1 Å². The van der Waals surface area contributed by atoms with Crippen LogP contribution in [0.4, 0.5) is 0 Å². The number of aromatic nitrogens is 3. The molecule has 1 aromatic heterocycles. The Labute approximate surface area is 68.5 Å². The van der Waals surface area contributed by atoms with Crippen molar-refractivity contribution in [3.8, 4) is 0 Å². The van der Waals surface area contributed by atoms with Crippen molar-refractivity contribution >= 4 is 17.1 Å². The summed E-state index contributed by atoms with van der Waals surface area (Å²) in [5.74, 6) is 0. The molecule has 2 N–H and O–H groups in total. The number of fused-ring (bicyclic) bond motifs is 1. The third-order valence-corrected chi connectivity index (χ3v) is 1.63. The van der Waals surface area contributed by atoms with Crippen LogP contribution in [-0.2, 0) is 0 Å². The summed E-state index contributed by atoms with van der Waals surface area (Å²) in [4.78, 5) is 0. The van der Waals surface area contributed by atoms with Gasteiger partial charge in [0.1, 0.15) is 11.0 Å². The Balaban J connectivity index is 2.73. The van der Waals surface area contributed by atoms with Crippen molar-refractivity contribution < 1.29 is 5.11 Å². The maximum absolute atomic E-state index is 8.58. The van der Waals surface area contributed by atoms with Crippen molar-refractivity contribution in [2.45, 2.75) is 0 Å². The summed E-state index contributed by atoms with van der Waals surface area (Å²) in [6.07, 6.45) is 2.56. The summed E-state index contributed by atoms with van der Waals surface area (Å²) < 4.78 is 0. The minimum absolute atomic E-state index is 0.766. The van der Waals surface area contributed by atoms with Crippen molar-refractivity contribution in [3.05, 3.63) is 30.0 Å². The van der Waals surface area contributed by atoms with E-state index in [9.17, 15) is 0 Å². The van der Waals surface area contributed by atoms with E-state index in [1.807, 2.05) is 18.2 Å². The first-order chi connectivity index (χ1) is 5.92. The molecule has 0 radical (unpaired) electrons. The number of nitrogens with zero attached hydrogens (tertiary/aromatic N) is 2. The van der Waals surface area contributed by atoms with Gasteiger partial charge in [0.25, 0.3) is 0 Å². The van der Waals surface area contributed by atoms with Crippen LogP contribution in [0.3, 0.4) is 0 Å². The molecule has 1 heterocycles. The lowest BCUT2D eigenvalue weighted by Crippen LogP contribution is -1.75. The molecule has 0 atom stereocenters. The molecule has 0 bridgehead atoms. The molecular weight excluding hydrogens is 154 g/mol. The zero-order chi connectivity index (χ0) is 8.39. The Bertz CT molecular complexity index is 419. The van der Waals surface area contributed by atoms with E-state index in [4.69, 9.17) is 5.11 Å². The van der Waals surface area contributed by atoms with E-state index in [0.717, 1.165) is 22.9 Å². The first kappa shape index (κ1) is 6.84. The van der Waals surface area contributed by atoms with E-state index >= 15 is 0 Å². The fourth-order valence-electron chi connectivity index (χ4n) is 1.10. The second kappa shape index (κ2) is 2.65. The van der Waals surface area contributed by atoms with Gasteiger partial charge < -0.3 is 5.11 Å². The number of aliphatic hydroxyl groups is 1. The van der Waals surface area contributed by atoms with E-state index in [2.05, 4.69) is 15.4 Å². The molecule has 0 unspecified atom stereocenters. The average molecular weight is 161 g/mol. The van der Waals surface area contributed by atoms with Gasteiger partial charge in [-0.1, -0.05) is 12.1 Å². The van der Waals surface area contributed by atoms with E-state index in [0.29, 0.717) is 0 Å². The summed E-state index contributed by atoms with van der Waals surface area (Å²) in [5.41, 5.74) is 2.41. The topological polar surface area (TPSA) is 61.8 Å². The molecule has 1 aromatic carbocycles. The normalized spacial score (nSPS) is 11.3. The largest absolute Gasteiger partial charge is 0.516 e. The van der Waals surface area contributed by atoms with Crippen LogP contribution in [0.1, 0.15) is 5.56 Å². The Morgan fingerprint density at radius 3 is 3.08 bits per heavy atom. The molecule has 2 rings (SSSR count). The lowest BCUT2D eigenvalue weighted by molar-refractivity contribution is 0.478. The molecule has 0 amide bonds. The molecule has 0 fully saturated rings. The van der Waals surface area contributed by atoms with Crippen molar-refractivity contribution in [3.63, 3.8) is 0 Å². The number of H-pyrrole nitrogens is 1. The number of hydrogen-bond acceptors (Lipinski definition) is 3. The van der Waals surface area contributed by atoms with Crippen LogP contribution in [-0.4, -0.2) is 20.5 Å². The minimum atomic E-state index is 0.766. The van der Waals surface area contributed by atoms with Gasteiger partial charge >= 0.3 is 0 Å². The highest BCUT2D eigenvalue weighted by atomic mass is 16.2. The Morgan fingerprint density at radius 2 is 2.25 bits per heavy atom. The average Bonchev–Trinajstić information content (AvgIpc) is 2.53. The second-order valence-corrected chi connectivity index (χ2v) is 2.35. The van der Waals surface area contributed by atoms with Crippen molar-refractivity contribution in [1.29, 1.82) is 0 Å². The smallest absolute Gasteiger partial charge is 0.120 e. The highest BCUT2D eigenvalue weighted by molar-refractivity contribution is 5.83. The molecule has 0 saturated heterocycles. The van der Waals surface area contributed by atoms with Crippen LogP contribution < -0.4 is 0 Å². The van der Waals surface area contributed by atoms with Crippen LogP contribution in [0.5, 0.6) is 0 Å². The number of benzene rings is 1. The molecule has 0 aliphatic heterocycles. The maximum atomic E-state index is 8.58. The monoisotopic (exact) mass is 161 g/mol. The molecule has 4 nitrogen and oxygen atoms in total. The Morgan fingerprint density at radius 1 is 1.33 bits per heavy atom. The highest BCUT2D eigenvalue weighted by Crippen LogP contribution is 2.14. The van der Waals surface area contributed by atoms with Crippen LogP contribution in [0.15, 0.2) is 24.5 Å². The van der Waals surface area contributed by atoms with Gasteiger partial charge in [-0.15, -0.1) is 0 Å². The first-order valence-electron chi connectivity index (χ1n) is 3.52. The molecule has 2 aromatic rings. The number of hydrogen-bond donors (Lipinski definition) is 2. The number of nitrogens with one attached hydrogen (secondary N) is 1. The van der Waals surface area contributed by atoms with E-state index in [-0.39, 0.29) is 0 Å². The van der Waals surface area contributed by atoms with Gasteiger partial charge in [0.15, 0.2) is 0 Å². The van der Waals surface area contributed by atoms with Gasteiger partial charge in [-0.05, 0) is 12.1 Å². The Kier molecular flexibility index (Phi) is 1.51. The number of rotatable bonds is 1. The fraction of sp³-hybridized carbons (Fsp3) is 0. The predicted octanol–water partition coefficient (Wildman–Crippen LogP) is 1.49. The fourth-order valence-corrected chi connectivity index (χ4v) is 1.10. The standard InChI is InChI=1S/C8H7N3O/c12-5-4-6-2-1-3-7-8(6)10-11-9-7/h1-5,12H,(H,9,10,11). The number of aromatic amines is 1. The van der Waals surface area contributed by atoms with Gasteiger partial charge in [0.05, 0.1) is 6.26 Å². The van der Waals surface area contributed by atoms with E-state index < -0.39 is 0 Å². The zero-order valence-electron chi connectivity index (χ0n) is 6.23.